The Kier molecular flexibility index (Phi) is 7.70. The Balaban J connectivity index is 1.67. The lowest BCUT2D eigenvalue weighted by Gasteiger charge is -2.34. The fourth-order valence-electron chi connectivity index (χ4n) is 3.60. The van der Waals surface area contributed by atoms with Crippen molar-refractivity contribution in [3.8, 4) is 11.5 Å². The van der Waals surface area contributed by atoms with Gasteiger partial charge in [0, 0.05) is 13.0 Å². The molecule has 0 radical (unpaired) electrons. The number of unbranched alkanes of at least 4 members (excludes halogenated alkanes) is 3. The van der Waals surface area contributed by atoms with E-state index in [1.807, 2.05) is 29.2 Å². The van der Waals surface area contributed by atoms with Crippen molar-refractivity contribution in [3.05, 3.63) is 66.4 Å². The second-order valence-corrected chi connectivity index (χ2v) is 7.53. The number of fused-ring (bicyclic) bond motifs is 1. The summed E-state index contributed by atoms with van der Waals surface area (Å²) in [6, 6.07) is 14.2. The first-order valence-electron chi connectivity index (χ1n) is 10.7. The number of para-hydroxylation sites is 3. The molecule has 0 aliphatic carbocycles. The number of allylic oxidation sites excluding steroid dienone is 1. The van der Waals surface area contributed by atoms with Crippen molar-refractivity contribution in [2.45, 2.75) is 45.1 Å². The van der Waals surface area contributed by atoms with Crippen molar-refractivity contribution < 1.29 is 24.2 Å². The number of carbonyl (C=O) groups is 2. The molecule has 0 saturated carbocycles. The maximum atomic E-state index is 13.1. The minimum absolute atomic E-state index is 0.0769. The highest BCUT2D eigenvalue weighted by Gasteiger charge is 2.33. The number of anilines is 1. The van der Waals surface area contributed by atoms with Crippen LogP contribution in [-0.4, -0.2) is 36.1 Å². The number of nitrogens with zero attached hydrogens (tertiary/aromatic N) is 1. The zero-order valence-corrected chi connectivity index (χ0v) is 17.9. The van der Waals surface area contributed by atoms with Crippen LogP contribution < -0.4 is 14.4 Å². The molecule has 2 aromatic rings. The first-order chi connectivity index (χ1) is 15.0. The number of rotatable bonds is 11. The van der Waals surface area contributed by atoms with E-state index in [0.717, 1.165) is 31.4 Å². The van der Waals surface area contributed by atoms with Gasteiger partial charge in [0.05, 0.1) is 17.9 Å². The van der Waals surface area contributed by atoms with Crippen LogP contribution in [0.1, 0.15) is 49.4 Å². The number of benzene rings is 2. The van der Waals surface area contributed by atoms with Crippen LogP contribution in [0.2, 0.25) is 0 Å². The molecule has 164 valence electrons. The van der Waals surface area contributed by atoms with Gasteiger partial charge in [0.15, 0.2) is 11.9 Å². The minimum atomic E-state index is -0.656. The molecule has 6 nitrogen and oxygen atoms in total. The Labute approximate surface area is 183 Å². The monoisotopic (exact) mass is 423 g/mol. The number of Topliss-reactive ketones (excluding diaryl/α,β-unsaturated/α-hetero) is 1. The number of aliphatic hydroxyl groups excluding tert-OH is 1. The smallest absolute Gasteiger partial charge is 0.268 e. The van der Waals surface area contributed by atoms with Crippen LogP contribution in [0.25, 0.3) is 0 Å². The standard InChI is InChI=1S/C25H29NO5/c1-3-4-5-10-16-26-20-12-7-9-14-22(20)31-23(25(26)29)15-17-30-21-13-8-6-11-19(21)24(28)18(2)27/h6-9,11-14,23,27H,2-5,10,15-17H2,1H3. The van der Waals surface area contributed by atoms with E-state index in [2.05, 4.69) is 13.5 Å². The second-order valence-electron chi connectivity index (χ2n) is 7.53. The van der Waals surface area contributed by atoms with Gasteiger partial charge in [-0.3, -0.25) is 9.59 Å². The first-order valence-corrected chi connectivity index (χ1v) is 10.7. The van der Waals surface area contributed by atoms with Gasteiger partial charge in [-0.05, 0) is 30.7 Å². The Hall–Kier alpha value is -3.28. The van der Waals surface area contributed by atoms with Crippen molar-refractivity contribution in [3.63, 3.8) is 0 Å². The molecule has 1 aliphatic rings. The van der Waals surface area contributed by atoms with Crippen LogP contribution >= 0.6 is 0 Å². The number of ketones is 1. The highest BCUT2D eigenvalue weighted by Crippen LogP contribution is 2.34. The molecule has 1 amide bonds. The highest BCUT2D eigenvalue weighted by molar-refractivity contribution is 6.08. The Morgan fingerprint density at radius 2 is 1.87 bits per heavy atom. The molecule has 6 heteroatoms. The van der Waals surface area contributed by atoms with E-state index in [1.165, 1.54) is 0 Å². The summed E-state index contributed by atoms with van der Waals surface area (Å²) in [7, 11) is 0. The third-order valence-corrected chi connectivity index (χ3v) is 5.23. The fraction of sp³-hybridized carbons (Fsp3) is 0.360. The molecular formula is C25H29NO5. The van der Waals surface area contributed by atoms with Gasteiger partial charge in [-0.25, -0.2) is 0 Å². The topological polar surface area (TPSA) is 76.1 Å². The zero-order valence-electron chi connectivity index (χ0n) is 17.9. The summed E-state index contributed by atoms with van der Waals surface area (Å²) in [6.45, 7) is 6.29. The molecule has 0 saturated heterocycles. The SMILES string of the molecule is C=C(O)C(=O)c1ccccc1OCCC1Oc2ccccc2N(CCCCCC)C1=O. The predicted molar refractivity (Wildman–Crippen MR) is 120 cm³/mol. The number of hydrogen-bond acceptors (Lipinski definition) is 5. The summed E-state index contributed by atoms with van der Waals surface area (Å²) in [5.41, 5.74) is 1.03. The van der Waals surface area contributed by atoms with Gasteiger partial charge in [0.1, 0.15) is 11.5 Å². The lowest BCUT2D eigenvalue weighted by Crippen LogP contribution is -2.47. The van der Waals surface area contributed by atoms with Gasteiger partial charge in [-0.1, -0.05) is 57.0 Å². The quantitative estimate of drug-likeness (QED) is 0.236. The Morgan fingerprint density at radius 1 is 1.13 bits per heavy atom. The van der Waals surface area contributed by atoms with Gasteiger partial charge < -0.3 is 19.5 Å². The van der Waals surface area contributed by atoms with E-state index >= 15 is 0 Å². The summed E-state index contributed by atoms with van der Waals surface area (Å²) in [5.74, 6) is -0.186. The highest BCUT2D eigenvalue weighted by atomic mass is 16.5. The van der Waals surface area contributed by atoms with Crippen LogP contribution in [-0.2, 0) is 4.79 Å². The summed E-state index contributed by atoms with van der Waals surface area (Å²) < 4.78 is 11.7. The number of ether oxygens (including phenoxy) is 2. The molecule has 1 heterocycles. The van der Waals surface area contributed by atoms with E-state index in [-0.39, 0.29) is 18.1 Å². The van der Waals surface area contributed by atoms with Crippen LogP contribution in [0.15, 0.2) is 60.9 Å². The minimum Gasteiger partial charge on any atom is -0.505 e. The lowest BCUT2D eigenvalue weighted by atomic mass is 10.1. The van der Waals surface area contributed by atoms with Gasteiger partial charge in [0.25, 0.3) is 5.91 Å². The summed E-state index contributed by atoms with van der Waals surface area (Å²) in [4.78, 5) is 27.0. The summed E-state index contributed by atoms with van der Waals surface area (Å²) in [6.07, 6.45) is 3.99. The molecular weight excluding hydrogens is 394 g/mol. The van der Waals surface area contributed by atoms with E-state index < -0.39 is 17.6 Å². The Bertz CT molecular complexity index is 939. The fourth-order valence-corrected chi connectivity index (χ4v) is 3.60. The van der Waals surface area contributed by atoms with Gasteiger partial charge in [-0.2, -0.15) is 0 Å². The molecule has 1 unspecified atom stereocenters. The van der Waals surface area contributed by atoms with Gasteiger partial charge in [-0.15, -0.1) is 0 Å². The van der Waals surface area contributed by atoms with Crippen LogP contribution in [0.3, 0.4) is 0 Å². The summed E-state index contributed by atoms with van der Waals surface area (Å²) in [5, 5.41) is 9.42. The number of carbonyl (C=O) groups excluding carboxylic acids is 2. The number of amides is 1. The van der Waals surface area contributed by atoms with Gasteiger partial charge in [0.2, 0.25) is 5.78 Å². The van der Waals surface area contributed by atoms with Crippen molar-refractivity contribution in [1.29, 1.82) is 0 Å². The third-order valence-electron chi connectivity index (χ3n) is 5.23. The average Bonchev–Trinajstić information content (AvgIpc) is 2.78. The predicted octanol–water partition coefficient (Wildman–Crippen LogP) is 5.08. The molecule has 1 aliphatic heterocycles. The van der Waals surface area contributed by atoms with E-state index in [1.54, 1.807) is 24.3 Å². The average molecular weight is 424 g/mol. The van der Waals surface area contributed by atoms with Gasteiger partial charge >= 0.3 is 0 Å². The lowest BCUT2D eigenvalue weighted by molar-refractivity contribution is -0.126. The Morgan fingerprint density at radius 3 is 2.65 bits per heavy atom. The van der Waals surface area contributed by atoms with Crippen molar-refractivity contribution in [1.82, 2.24) is 0 Å². The third kappa shape index (κ3) is 5.45. The summed E-state index contributed by atoms with van der Waals surface area (Å²) >= 11 is 0. The molecule has 0 bridgehead atoms. The van der Waals surface area contributed by atoms with E-state index in [4.69, 9.17) is 9.47 Å². The molecule has 0 aromatic heterocycles. The molecule has 1 N–H and O–H groups in total. The normalized spacial score (nSPS) is 15.2. The number of aliphatic hydroxyl groups is 1. The van der Waals surface area contributed by atoms with Crippen LogP contribution in [0.4, 0.5) is 5.69 Å². The zero-order chi connectivity index (χ0) is 22.2. The molecule has 2 aromatic carbocycles. The maximum Gasteiger partial charge on any atom is 0.268 e. The molecule has 31 heavy (non-hydrogen) atoms. The van der Waals surface area contributed by atoms with E-state index in [9.17, 15) is 14.7 Å². The largest absolute Gasteiger partial charge is 0.505 e. The molecule has 0 fully saturated rings. The first kappa shape index (κ1) is 22.4. The van der Waals surface area contributed by atoms with E-state index in [0.29, 0.717) is 24.5 Å². The maximum absolute atomic E-state index is 13.1. The van der Waals surface area contributed by atoms with Crippen molar-refractivity contribution in [2.75, 3.05) is 18.1 Å². The molecule has 1 atom stereocenters. The molecule has 0 spiro atoms. The van der Waals surface area contributed by atoms with Crippen molar-refractivity contribution in [2.24, 2.45) is 0 Å². The second kappa shape index (κ2) is 10.7. The van der Waals surface area contributed by atoms with Crippen LogP contribution in [0.5, 0.6) is 11.5 Å². The van der Waals surface area contributed by atoms with Crippen molar-refractivity contribution >= 4 is 17.4 Å². The van der Waals surface area contributed by atoms with Crippen LogP contribution in [0, 0.1) is 0 Å². The number of hydrogen-bond donors (Lipinski definition) is 1. The molecule has 3 rings (SSSR count).